The number of nitrogens with one attached hydrogen (secondary N) is 3. The molecule has 0 bridgehead atoms. The summed E-state index contributed by atoms with van der Waals surface area (Å²) in [6, 6.07) is 22.7. The molecule has 13 nitrogen and oxygen atoms in total. The molecule has 7 N–H and O–H groups in total. The van der Waals surface area contributed by atoms with Crippen molar-refractivity contribution >= 4 is 62.5 Å². The third-order valence-corrected chi connectivity index (χ3v) is 19.0. The number of alkyl carbamates (subject to hydrolysis) is 1. The number of halogens is 1. The van der Waals surface area contributed by atoms with Gasteiger partial charge in [0.1, 0.15) is 12.1 Å². The predicted molar refractivity (Wildman–Crippen MR) is 314 cm³/mol. The van der Waals surface area contributed by atoms with E-state index in [4.69, 9.17) is 10.5 Å². The van der Waals surface area contributed by atoms with Gasteiger partial charge in [-0.3, -0.25) is 19.2 Å². The highest BCUT2D eigenvalue weighted by Crippen LogP contribution is 2.70. The van der Waals surface area contributed by atoms with Crippen molar-refractivity contribution in [3.8, 4) is 11.3 Å². The number of pyridine rings is 1. The normalized spacial score (nSPS) is 25.8. The number of aliphatic hydroxyl groups excluding tert-OH is 1. The van der Waals surface area contributed by atoms with E-state index in [1.165, 1.54) is 6.08 Å². The van der Waals surface area contributed by atoms with Crippen molar-refractivity contribution in [3.05, 3.63) is 90.5 Å². The number of alkyl halides is 1. The average Bonchev–Trinajstić information content (AvgIpc) is 3.35. The van der Waals surface area contributed by atoms with Crippen LogP contribution >= 0.6 is 0 Å². The molecule has 8 atom stereocenters. The Balaban J connectivity index is 0.607. The van der Waals surface area contributed by atoms with Gasteiger partial charge in [0.05, 0.1) is 16.9 Å². The summed E-state index contributed by atoms with van der Waals surface area (Å²) in [5.41, 5.74) is 5.47. The molecule has 5 unspecified atom stereocenters. The Morgan fingerprint density at radius 2 is 1.38 bits per heavy atom. The minimum Gasteiger partial charge on any atom is -0.441 e. The van der Waals surface area contributed by atoms with E-state index in [-0.39, 0.29) is 30.4 Å². The quantitative estimate of drug-likeness (QED) is 0.0105. The lowest BCUT2D eigenvalue weighted by Crippen LogP contribution is -2.69. The maximum atomic E-state index is 17.5. The highest BCUT2D eigenvalue weighted by molar-refractivity contribution is 6.11. The largest absolute Gasteiger partial charge is 0.441 e. The maximum Gasteiger partial charge on any atom is 0.407 e. The van der Waals surface area contributed by atoms with E-state index in [0.717, 1.165) is 160 Å². The van der Waals surface area contributed by atoms with Crippen LogP contribution in [-0.4, -0.2) is 76.8 Å². The molecule has 2 saturated carbocycles. The number of amides is 3. The Labute approximate surface area is 473 Å². The number of ketones is 2. The molecule has 4 aliphatic rings. The van der Waals surface area contributed by atoms with E-state index in [2.05, 4.69) is 69.9 Å². The van der Waals surface area contributed by atoms with Gasteiger partial charge in [-0.2, -0.15) is 4.57 Å². The molecule has 0 radical (unpaired) electrons. The molecule has 3 aromatic carbocycles. The molecule has 1 aromatic heterocycles. The van der Waals surface area contributed by atoms with Gasteiger partial charge in [-0.25, -0.2) is 9.18 Å². The number of carbonyl (C=O) groups is 5. The van der Waals surface area contributed by atoms with Gasteiger partial charge in [-0.05, 0) is 113 Å². The summed E-state index contributed by atoms with van der Waals surface area (Å²) in [5.74, 6) is -2.21. The molecule has 0 saturated heterocycles. The van der Waals surface area contributed by atoms with E-state index in [9.17, 15) is 34.2 Å². The van der Waals surface area contributed by atoms with Crippen LogP contribution in [0, 0.1) is 28.6 Å². The minimum atomic E-state index is -2.06. The minimum absolute atomic E-state index is 0.0380. The summed E-state index contributed by atoms with van der Waals surface area (Å²) in [7, 11) is 0. The fourth-order valence-corrected chi connectivity index (χ4v) is 14.6. The van der Waals surface area contributed by atoms with E-state index < -0.39 is 64.4 Å². The monoisotopic (exact) mass is 1100 g/mol. The molecule has 4 aliphatic carbocycles. The number of anilines is 2. The number of nitrogens with zero attached hydrogens (tertiary/aromatic N) is 1. The Morgan fingerprint density at radius 1 is 0.762 bits per heavy atom. The molecule has 80 heavy (non-hydrogen) atoms. The Kier molecular flexibility index (Phi) is 20.1. The lowest BCUT2D eigenvalue weighted by atomic mass is 9.45. The van der Waals surface area contributed by atoms with Crippen molar-refractivity contribution in [1.29, 1.82) is 0 Å². The van der Waals surface area contributed by atoms with Crippen LogP contribution in [0.15, 0.2) is 90.5 Å². The fourth-order valence-electron chi connectivity index (χ4n) is 14.6. The number of aryl methyl sites for hydroxylation is 1. The van der Waals surface area contributed by atoms with Crippen LogP contribution < -0.4 is 26.3 Å². The van der Waals surface area contributed by atoms with Crippen molar-refractivity contribution in [2.45, 2.75) is 193 Å². The van der Waals surface area contributed by atoms with Gasteiger partial charge in [0, 0.05) is 77.5 Å². The number of allylic oxidation sites excluding steroid dienone is 4. The Bertz CT molecular complexity index is 2930. The fraction of sp³-hybridized carbons (Fsp3) is 0.576. The van der Waals surface area contributed by atoms with Gasteiger partial charge >= 0.3 is 6.09 Å². The first-order valence-electron chi connectivity index (χ1n) is 30.2. The van der Waals surface area contributed by atoms with Gasteiger partial charge in [-0.1, -0.05) is 133 Å². The zero-order chi connectivity index (χ0) is 57.1. The van der Waals surface area contributed by atoms with Crippen molar-refractivity contribution < 1.29 is 47.9 Å². The zero-order valence-electron chi connectivity index (χ0n) is 48.0. The van der Waals surface area contributed by atoms with Crippen LogP contribution in [0.3, 0.4) is 0 Å². The van der Waals surface area contributed by atoms with Crippen LogP contribution in [0.4, 0.5) is 20.6 Å². The zero-order valence-corrected chi connectivity index (χ0v) is 48.0. The van der Waals surface area contributed by atoms with Gasteiger partial charge in [0.2, 0.25) is 28.8 Å². The molecular formula is C66H89FN5O8+. The molecule has 0 spiro atoms. The van der Waals surface area contributed by atoms with Crippen molar-refractivity contribution in [1.82, 2.24) is 10.6 Å². The first-order valence-corrected chi connectivity index (χ1v) is 30.2. The lowest BCUT2D eigenvalue weighted by molar-refractivity contribution is -0.655. The number of hydrogen-bond acceptors (Lipinski definition) is 9. The number of aromatic nitrogens is 1. The summed E-state index contributed by atoms with van der Waals surface area (Å²) in [6.07, 6.45) is 20.8. The summed E-state index contributed by atoms with van der Waals surface area (Å²) >= 11 is 0. The first-order chi connectivity index (χ1) is 38.5. The molecule has 4 aromatic rings. The molecule has 2 fully saturated rings. The molecule has 14 heteroatoms. The average molecular weight is 1100 g/mol. The highest BCUT2D eigenvalue weighted by atomic mass is 19.1. The summed E-state index contributed by atoms with van der Waals surface area (Å²) in [5, 5.41) is 36.1. The number of nitrogen functional groups attached to an aromatic ring is 1. The van der Waals surface area contributed by atoms with Crippen LogP contribution in [0.2, 0.25) is 0 Å². The third-order valence-electron chi connectivity index (χ3n) is 19.0. The Hall–Kier alpha value is -5.99. The van der Waals surface area contributed by atoms with Crippen molar-refractivity contribution in [3.63, 3.8) is 0 Å². The molecule has 0 aliphatic heterocycles. The molecule has 8 rings (SSSR count). The number of rotatable bonds is 28. The third kappa shape index (κ3) is 12.7. The Morgan fingerprint density at radius 3 is 2.04 bits per heavy atom. The number of benzene rings is 3. The van der Waals surface area contributed by atoms with E-state index in [1.54, 1.807) is 26.8 Å². The maximum absolute atomic E-state index is 17.5. The van der Waals surface area contributed by atoms with Crippen LogP contribution in [-0.2, 0) is 30.5 Å². The van der Waals surface area contributed by atoms with E-state index in [1.807, 2.05) is 30.3 Å². The number of hydrogen-bond donors (Lipinski definition) is 6. The van der Waals surface area contributed by atoms with E-state index in [0.29, 0.717) is 37.8 Å². The first kappa shape index (κ1) is 60.1. The standard InChI is InChI=1S/C66H88FN5O8/c1-5-72-56-41-48(68)30-32-52(56)51-33-31-49(42-53(51)61(72)46-25-19-18-20-26-46)71-60(77)28-22-15-11-7-8-12-16-23-37-69-59(76)27-21-14-10-6-9-13-17-24-38-70-62(78)80-44-58(75)66(79)45(2)39-55-54-34-29-47-40-50(73)35-36-63(47,3)65(54,67)57(74)43-64(55,66)4/h18-20,25-26,29-33,35-36,41-42,45,54-55,57,68,74,79H,5-17,21-24,27-28,34,37-40,43-44H2,1-4H3,(H3,69,70,71,76,77,78)/p+1/t45-,54?,55?,57?,63?,64?,65+,66+/m1/s1. The second-order valence-electron chi connectivity index (χ2n) is 24.1. The van der Waals surface area contributed by atoms with Gasteiger partial charge < -0.3 is 36.6 Å². The van der Waals surface area contributed by atoms with Crippen molar-refractivity contribution in [2.75, 3.05) is 30.7 Å². The van der Waals surface area contributed by atoms with Gasteiger partial charge in [0.25, 0.3) is 0 Å². The molecule has 432 valence electrons. The van der Waals surface area contributed by atoms with Gasteiger partial charge in [-0.15, -0.1) is 0 Å². The summed E-state index contributed by atoms with van der Waals surface area (Å²) in [6.45, 7) is 8.69. The SMILES string of the molecule is CC[n+]1c(-c2ccccc2)c2cc(NC(=O)CCCCCCCCCCNC(=O)CCCCCCCCCCNC(=O)OCC(=O)[C@@]3(O)[C@H](C)CC4C5CC=C6CC(=O)C=CC6(C)[C@@]5(F)C(O)CC43C)ccc2c2ccc(N)cc21. The second kappa shape index (κ2) is 26.7. The molecule has 1 heterocycles. The summed E-state index contributed by atoms with van der Waals surface area (Å²) < 4.78 is 25.1. The number of nitrogens with two attached hydrogens (primary N) is 1. The van der Waals surface area contributed by atoms with Crippen LogP contribution in [0.1, 0.15) is 169 Å². The van der Waals surface area contributed by atoms with Crippen molar-refractivity contribution in [2.24, 2.45) is 28.6 Å². The van der Waals surface area contributed by atoms with Crippen LogP contribution in [0.5, 0.6) is 0 Å². The number of fused-ring (bicyclic) bond motifs is 8. The molecule has 3 amide bonds. The van der Waals surface area contributed by atoms with Crippen LogP contribution in [0.25, 0.3) is 32.9 Å². The lowest BCUT2D eigenvalue weighted by Gasteiger charge is -2.62. The second-order valence-corrected chi connectivity index (χ2v) is 24.1. The number of Topliss-reactive ketones (excluding diaryl/α,β-unsaturated/α-hetero) is 1. The number of ether oxygens (including phenoxy) is 1. The number of carbonyl (C=O) groups excluding carboxylic acids is 5. The predicted octanol–water partition coefficient (Wildman–Crippen LogP) is 12.3. The topological polar surface area (TPSA) is 201 Å². The van der Waals surface area contributed by atoms with Gasteiger partial charge in [0.15, 0.2) is 18.1 Å². The highest BCUT2D eigenvalue weighted by Gasteiger charge is 2.75. The number of aliphatic hydroxyl groups is 2. The van der Waals surface area contributed by atoms with E-state index >= 15 is 4.39 Å². The molecular weight excluding hydrogens is 1010 g/mol. The summed E-state index contributed by atoms with van der Waals surface area (Å²) in [4.78, 5) is 64.1. The number of unbranched alkanes of at least 4 members (excludes halogenated alkanes) is 14. The smallest absolute Gasteiger partial charge is 0.407 e.